The number of hydrogen-bond donors (Lipinski definition) is 1. The highest BCUT2D eigenvalue weighted by molar-refractivity contribution is 5.57. The molecule has 0 aliphatic heterocycles. The molecule has 0 fully saturated rings. The van der Waals surface area contributed by atoms with E-state index in [4.69, 9.17) is 5.11 Å². The maximum absolute atomic E-state index is 10.1. The lowest BCUT2D eigenvalue weighted by Crippen LogP contribution is -2.31. The molecule has 9 heavy (non-hydrogen) atoms. The summed E-state index contributed by atoms with van der Waals surface area (Å²) in [4.78, 5) is 9.78. The predicted octanol–water partition coefficient (Wildman–Crippen LogP) is 0.292. The van der Waals surface area contributed by atoms with Crippen LogP contribution in [0.1, 0.15) is 19.8 Å². The first-order valence-electron chi connectivity index (χ1n) is 2.79. The molecule has 0 saturated carbocycles. The summed E-state index contributed by atoms with van der Waals surface area (Å²) in [5.74, 6) is 0. The van der Waals surface area contributed by atoms with Crippen molar-refractivity contribution in [2.24, 2.45) is 0 Å². The van der Waals surface area contributed by atoms with Crippen LogP contribution in [0.5, 0.6) is 0 Å². The molecule has 0 amide bonds. The molecule has 54 valence electrons. The van der Waals surface area contributed by atoms with Gasteiger partial charge in [-0.15, -0.1) is 0 Å². The topological polar surface area (TPSA) is 63.1 Å². The van der Waals surface area contributed by atoms with E-state index in [0.29, 0.717) is 6.42 Å². The van der Waals surface area contributed by atoms with Gasteiger partial charge in [-0.1, -0.05) is 13.3 Å². The van der Waals surface area contributed by atoms with Crippen LogP contribution in [0.15, 0.2) is 0 Å². The van der Waals surface area contributed by atoms with Crippen LogP contribution in [0.3, 0.4) is 0 Å². The van der Waals surface area contributed by atoms with Gasteiger partial charge in [-0.3, -0.25) is 0 Å². The van der Waals surface area contributed by atoms with Crippen molar-refractivity contribution in [3.05, 3.63) is 0 Å². The Balaban J connectivity index is 3.27. The van der Waals surface area contributed by atoms with Crippen LogP contribution >= 0.6 is 0 Å². The first-order chi connectivity index (χ1) is 4.18. The first-order valence-corrected chi connectivity index (χ1v) is 2.79. The lowest BCUT2D eigenvalue weighted by atomic mass is 10.4. The van der Waals surface area contributed by atoms with Crippen LogP contribution in [-0.4, -0.2) is 17.9 Å². The molecule has 0 heterocycles. The van der Waals surface area contributed by atoms with E-state index >= 15 is 0 Å². The Bertz CT molecular complexity index is 91.0. The molecule has 0 bridgehead atoms. The van der Waals surface area contributed by atoms with Crippen molar-refractivity contribution < 1.29 is 19.7 Å². The standard InChI is InChI=1S/C5H10O4/c1-2-3-4-9(8)5(6)7/h2-4H2,1H3,(H,6,7). The van der Waals surface area contributed by atoms with Gasteiger partial charge in [-0.2, -0.15) is 0 Å². The summed E-state index contributed by atoms with van der Waals surface area (Å²) in [7, 11) is 0. The molecule has 0 saturated heterocycles. The summed E-state index contributed by atoms with van der Waals surface area (Å²) in [6, 6.07) is 0. The molecule has 0 spiro atoms. The monoisotopic (exact) mass is 134 g/mol. The zero-order chi connectivity index (χ0) is 7.28. The largest absolute Gasteiger partial charge is 0.725 e. The van der Waals surface area contributed by atoms with Crippen molar-refractivity contribution in [3.63, 3.8) is 0 Å². The minimum absolute atomic E-state index is 0.00579. The maximum atomic E-state index is 10.1. The third-order valence-corrected chi connectivity index (χ3v) is 0.878. The van der Waals surface area contributed by atoms with Crippen molar-refractivity contribution in [1.82, 2.24) is 0 Å². The van der Waals surface area contributed by atoms with Crippen molar-refractivity contribution in [2.45, 2.75) is 19.8 Å². The highest BCUT2D eigenvalue weighted by Crippen LogP contribution is 1.92. The summed E-state index contributed by atoms with van der Waals surface area (Å²) in [5, 5.41) is 18.1. The molecule has 0 aromatic carbocycles. The van der Waals surface area contributed by atoms with Gasteiger partial charge >= 0.3 is 6.16 Å². The zero-order valence-electron chi connectivity index (χ0n) is 5.29. The molecular formula is C5H10O4. The second-order valence-electron chi connectivity index (χ2n) is 1.67. The fourth-order valence-electron chi connectivity index (χ4n) is 0.363. The Morgan fingerprint density at radius 3 is 2.67 bits per heavy atom. The van der Waals surface area contributed by atoms with Gasteiger partial charge in [0, 0.05) is 4.79 Å². The van der Waals surface area contributed by atoms with E-state index in [1.54, 1.807) is 0 Å². The van der Waals surface area contributed by atoms with E-state index in [1.807, 2.05) is 6.92 Å². The van der Waals surface area contributed by atoms with Gasteiger partial charge in [0.15, 0.2) is 0 Å². The third-order valence-electron chi connectivity index (χ3n) is 0.878. The van der Waals surface area contributed by atoms with Gasteiger partial charge in [-0.05, 0) is 6.42 Å². The van der Waals surface area contributed by atoms with Gasteiger partial charge in [0.05, 0.1) is 6.61 Å². The molecule has 0 aliphatic carbocycles. The van der Waals surface area contributed by atoms with Crippen LogP contribution in [0.2, 0.25) is 0 Å². The number of carbonyl (C=O) groups is 1. The molecule has 0 rings (SSSR count). The Morgan fingerprint density at radius 1 is 1.78 bits per heavy atom. The van der Waals surface area contributed by atoms with Crippen LogP contribution in [-0.2, 0) is 4.52 Å². The van der Waals surface area contributed by atoms with Gasteiger partial charge in [-0.25, -0.2) is 0 Å². The Morgan fingerprint density at radius 2 is 2.33 bits per heavy atom. The van der Waals surface area contributed by atoms with Gasteiger partial charge in [0.25, 0.3) is 0 Å². The quantitative estimate of drug-likeness (QED) is 0.261. The van der Waals surface area contributed by atoms with E-state index in [1.165, 1.54) is 0 Å². The first kappa shape index (κ1) is 8.23. The molecule has 1 N–H and O–H groups in total. The smallest absolute Gasteiger partial charge is 0.626 e. The van der Waals surface area contributed by atoms with E-state index in [9.17, 15) is 10.1 Å². The molecule has 0 aliphatic rings. The molecule has 4 heteroatoms. The van der Waals surface area contributed by atoms with E-state index in [2.05, 4.69) is 0 Å². The van der Waals surface area contributed by atoms with Crippen LogP contribution in [0.4, 0.5) is 4.79 Å². The van der Waals surface area contributed by atoms with Crippen LogP contribution < -0.4 is 5.26 Å². The number of unbranched alkanes of at least 4 members (excludes halogenated alkanes) is 1. The molecule has 0 atom stereocenters. The lowest BCUT2D eigenvalue weighted by molar-refractivity contribution is -0.759. The van der Waals surface area contributed by atoms with Crippen LogP contribution in [0, 0.1) is 0 Å². The Hall–Kier alpha value is -0.770. The van der Waals surface area contributed by atoms with E-state index < -0.39 is 6.16 Å². The van der Waals surface area contributed by atoms with Gasteiger partial charge < -0.3 is 14.9 Å². The van der Waals surface area contributed by atoms with Crippen LogP contribution in [0.25, 0.3) is 0 Å². The minimum atomic E-state index is -1.48. The van der Waals surface area contributed by atoms with E-state index in [0.717, 1.165) is 10.9 Å². The predicted molar refractivity (Wildman–Crippen MR) is 28.9 cm³/mol. The average molecular weight is 134 g/mol. The third kappa shape index (κ3) is 3.78. The van der Waals surface area contributed by atoms with E-state index in [-0.39, 0.29) is 6.61 Å². The Labute approximate surface area is 53.3 Å². The molecule has 0 aromatic rings. The molecule has 0 unspecified atom stereocenters. The highest BCUT2D eigenvalue weighted by atomic mass is 17.2. The maximum Gasteiger partial charge on any atom is 0.725 e. The van der Waals surface area contributed by atoms with Gasteiger partial charge in [0.2, 0.25) is 0 Å². The molecule has 0 radical (unpaired) electrons. The normalized spacial score (nSPS) is 9.11. The van der Waals surface area contributed by atoms with Crippen molar-refractivity contribution in [2.75, 3.05) is 6.61 Å². The van der Waals surface area contributed by atoms with Gasteiger partial charge in [0.1, 0.15) is 0 Å². The zero-order valence-corrected chi connectivity index (χ0v) is 5.29. The molecule has 0 aromatic heterocycles. The summed E-state index contributed by atoms with van der Waals surface area (Å²) in [6.07, 6.45) is -0.0668. The average Bonchev–Trinajstić information content (AvgIpc) is 1.82. The second kappa shape index (κ2) is 4.14. The van der Waals surface area contributed by atoms with Crippen molar-refractivity contribution >= 4 is 6.16 Å². The number of hydrogen-bond acceptors (Lipinski definition) is 2. The van der Waals surface area contributed by atoms with Crippen molar-refractivity contribution in [1.29, 1.82) is 0 Å². The summed E-state index contributed by atoms with van der Waals surface area (Å²) >= 11 is 0. The highest BCUT2D eigenvalue weighted by Gasteiger charge is 2.07. The molecule has 4 nitrogen and oxygen atoms in total. The lowest BCUT2D eigenvalue weighted by Gasteiger charge is -2.22. The number of carboxylic acid groups (broad SMARTS) is 1. The fraction of sp³-hybridized carbons (Fsp3) is 0.800. The minimum Gasteiger partial charge on any atom is -0.626 e. The summed E-state index contributed by atoms with van der Waals surface area (Å²) in [5.41, 5.74) is 0. The Kier molecular flexibility index (Phi) is 3.79. The number of rotatable bonds is 3. The summed E-state index contributed by atoms with van der Waals surface area (Å²) in [6.45, 7) is 1.89. The van der Waals surface area contributed by atoms with Crippen molar-refractivity contribution in [3.8, 4) is 0 Å². The fourth-order valence-corrected chi connectivity index (χ4v) is 0.363. The second-order valence-corrected chi connectivity index (χ2v) is 1.67. The summed E-state index contributed by atoms with van der Waals surface area (Å²) < 4.78 is 0.774. The molecular weight excluding hydrogens is 124 g/mol. The SMILES string of the molecule is CCCC[O+]([O-])C(=O)O.